The zero-order valence-corrected chi connectivity index (χ0v) is 18.4. The highest BCUT2D eigenvalue weighted by Gasteiger charge is 2.28. The van der Waals surface area contributed by atoms with Gasteiger partial charge in [-0.2, -0.15) is 4.31 Å². The number of amides is 1. The van der Waals surface area contributed by atoms with Gasteiger partial charge in [-0.05, 0) is 55.5 Å². The molecule has 3 rings (SSSR count). The number of hydrogen-bond donors (Lipinski definition) is 0. The van der Waals surface area contributed by atoms with E-state index in [4.69, 9.17) is 6.42 Å². The molecule has 30 heavy (non-hydrogen) atoms. The van der Waals surface area contributed by atoms with Crippen LogP contribution in [0.5, 0.6) is 0 Å². The molecular formula is C24H28N2O3S. The first-order valence-electron chi connectivity index (χ1n) is 10.2. The number of terminal acetylenes is 1. The van der Waals surface area contributed by atoms with Crippen LogP contribution in [0.1, 0.15) is 41.3 Å². The van der Waals surface area contributed by atoms with E-state index in [1.807, 2.05) is 31.2 Å². The Hall–Kier alpha value is -2.62. The van der Waals surface area contributed by atoms with Gasteiger partial charge in [0.05, 0.1) is 11.4 Å². The van der Waals surface area contributed by atoms with Crippen LogP contribution in [0.4, 0.5) is 0 Å². The van der Waals surface area contributed by atoms with Gasteiger partial charge in [0.25, 0.3) is 5.91 Å². The van der Waals surface area contributed by atoms with Gasteiger partial charge in [0.15, 0.2) is 0 Å². The van der Waals surface area contributed by atoms with Crippen molar-refractivity contribution in [3.8, 4) is 12.3 Å². The van der Waals surface area contributed by atoms with E-state index in [1.165, 1.54) is 16.4 Å². The quantitative estimate of drug-likeness (QED) is 0.665. The van der Waals surface area contributed by atoms with Crippen LogP contribution in [0.15, 0.2) is 53.4 Å². The molecule has 0 bridgehead atoms. The molecule has 0 radical (unpaired) electrons. The summed E-state index contributed by atoms with van der Waals surface area (Å²) < 4.78 is 27.3. The standard InChI is InChI=1S/C24H28N2O3S/c1-4-15-25(18-21-7-5-19(2)6-8-21)24(27)22-9-11-23(12-10-22)30(28,29)26-16-13-20(3)14-17-26/h1,5-12,20H,13-18H2,2-3H3. The summed E-state index contributed by atoms with van der Waals surface area (Å²) in [5.74, 6) is 2.86. The first-order valence-corrected chi connectivity index (χ1v) is 11.6. The monoisotopic (exact) mass is 424 g/mol. The third-order valence-electron chi connectivity index (χ3n) is 5.55. The van der Waals surface area contributed by atoms with Gasteiger partial charge in [0.1, 0.15) is 0 Å². The maximum Gasteiger partial charge on any atom is 0.254 e. The van der Waals surface area contributed by atoms with E-state index in [-0.39, 0.29) is 17.3 Å². The summed E-state index contributed by atoms with van der Waals surface area (Å²) in [6.45, 7) is 5.80. The summed E-state index contributed by atoms with van der Waals surface area (Å²) in [6.07, 6.45) is 7.21. The molecule has 0 N–H and O–H groups in total. The average Bonchev–Trinajstić information content (AvgIpc) is 2.75. The van der Waals surface area contributed by atoms with Crippen LogP contribution >= 0.6 is 0 Å². The lowest BCUT2D eigenvalue weighted by Gasteiger charge is -2.29. The second kappa shape index (κ2) is 9.46. The topological polar surface area (TPSA) is 57.7 Å². The molecule has 0 spiro atoms. The van der Waals surface area contributed by atoms with Crippen LogP contribution in [0, 0.1) is 25.2 Å². The van der Waals surface area contributed by atoms with E-state index in [0.717, 1.165) is 24.0 Å². The second-order valence-corrected chi connectivity index (χ2v) is 9.90. The molecule has 6 heteroatoms. The molecule has 2 aromatic rings. The van der Waals surface area contributed by atoms with Crippen molar-refractivity contribution in [3.63, 3.8) is 0 Å². The van der Waals surface area contributed by atoms with Crippen molar-refractivity contribution in [3.05, 3.63) is 65.2 Å². The highest BCUT2D eigenvalue weighted by Crippen LogP contribution is 2.24. The summed E-state index contributed by atoms with van der Waals surface area (Å²) >= 11 is 0. The fraction of sp³-hybridized carbons (Fsp3) is 0.375. The van der Waals surface area contributed by atoms with Gasteiger partial charge >= 0.3 is 0 Å². The van der Waals surface area contributed by atoms with Gasteiger partial charge in [-0.25, -0.2) is 8.42 Å². The predicted molar refractivity (Wildman–Crippen MR) is 118 cm³/mol. The molecule has 1 saturated heterocycles. The van der Waals surface area contributed by atoms with E-state index in [0.29, 0.717) is 31.1 Å². The molecule has 1 fully saturated rings. The lowest BCUT2D eigenvalue weighted by Crippen LogP contribution is -2.37. The lowest BCUT2D eigenvalue weighted by molar-refractivity contribution is 0.0765. The Morgan fingerprint density at radius 2 is 1.70 bits per heavy atom. The van der Waals surface area contributed by atoms with E-state index in [9.17, 15) is 13.2 Å². The minimum absolute atomic E-state index is 0.179. The van der Waals surface area contributed by atoms with Crippen molar-refractivity contribution in [1.82, 2.24) is 9.21 Å². The molecular weight excluding hydrogens is 396 g/mol. The Labute approximate surface area is 179 Å². The molecule has 1 aliphatic heterocycles. The SMILES string of the molecule is C#CCN(Cc1ccc(C)cc1)C(=O)c1ccc(S(=O)(=O)N2CCC(C)CC2)cc1. The Balaban J connectivity index is 1.75. The van der Waals surface area contributed by atoms with Gasteiger partial charge < -0.3 is 4.90 Å². The molecule has 2 aromatic carbocycles. The lowest BCUT2D eigenvalue weighted by atomic mass is 10.0. The Kier molecular flexibility index (Phi) is 6.96. The Morgan fingerprint density at radius 1 is 1.10 bits per heavy atom. The van der Waals surface area contributed by atoms with Gasteiger partial charge in [-0.1, -0.05) is 42.7 Å². The van der Waals surface area contributed by atoms with Crippen LogP contribution in [0.25, 0.3) is 0 Å². The summed E-state index contributed by atoms with van der Waals surface area (Å²) in [4.78, 5) is 14.8. The van der Waals surface area contributed by atoms with E-state index < -0.39 is 10.0 Å². The fourth-order valence-corrected chi connectivity index (χ4v) is 5.02. The Bertz CT molecular complexity index is 1010. The van der Waals surface area contributed by atoms with Gasteiger partial charge in [0.2, 0.25) is 10.0 Å². The third kappa shape index (κ3) is 5.10. The molecule has 1 aliphatic rings. The van der Waals surface area contributed by atoms with Gasteiger partial charge in [0, 0.05) is 25.2 Å². The molecule has 0 atom stereocenters. The second-order valence-electron chi connectivity index (χ2n) is 7.96. The molecule has 1 amide bonds. The molecule has 0 saturated carbocycles. The smallest absolute Gasteiger partial charge is 0.254 e. The molecule has 1 heterocycles. The summed E-state index contributed by atoms with van der Waals surface area (Å²) in [5, 5.41) is 0. The van der Waals surface area contributed by atoms with Gasteiger partial charge in [-0.15, -0.1) is 6.42 Å². The van der Waals surface area contributed by atoms with Gasteiger partial charge in [-0.3, -0.25) is 4.79 Å². The van der Waals surface area contributed by atoms with Crippen LogP contribution in [-0.4, -0.2) is 43.2 Å². The molecule has 0 aliphatic carbocycles. The third-order valence-corrected chi connectivity index (χ3v) is 7.46. The predicted octanol–water partition coefficient (Wildman–Crippen LogP) is 3.69. The van der Waals surface area contributed by atoms with E-state index >= 15 is 0 Å². The number of carbonyl (C=O) groups is 1. The number of aryl methyl sites for hydroxylation is 1. The number of rotatable bonds is 6. The highest BCUT2D eigenvalue weighted by atomic mass is 32.2. The van der Waals surface area contributed by atoms with Crippen molar-refractivity contribution in [2.75, 3.05) is 19.6 Å². The summed E-state index contributed by atoms with van der Waals surface area (Å²) in [5.41, 5.74) is 2.56. The van der Waals surface area contributed by atoms with Crippen molar-refractivity contribution in [2.45, 2.75) is 38.1 Å². The van der Waals surface area contributed by atoms with Crippen LogP contribution in [-0.2, 0) is 16.6 Å². The number of piperidine rings is 1. The normalized spacial score (nSPS) is 15.5. The van der Waals surface area contributed by atoms with Crippen molar-refractivity contribution in [1.29, 1.82) is 0 Å². The number of hydrogen-bond acceptors (Lipinski definition) is 3. The van der Waals surface area contributed by atoms with E-state index in [2.05, 4.69) is 12.8 Å². The minimum atomic E-state index is -3.53. The number of sulfonamides is 1. The van der Waals surface area contributed by atoms with Crippen LogP contribution < -0.4 is 0 Å². The van der Waals surface area contributed by atoms with E-state index in [1.54, 1.807) is 17.0 Å². The molecule has 5 nitrogen and oxygen atoms in total. The highest BCUT2D eigenvalue weighted by molar-refractivity contribution is 7.89. The summed E-state index contributed by atoms with van der Waals surface area (Å²) in [6, 6.07) is 14.1. The first-order chi connectivity index (χ1) is 14.3. The molecule has 158 valence electrons. The zero-order chi connectivity index (χ0) is 21.7. The number of nitrogens with zero attached hydrogens (tertiary/aromatic N) is 2. The van der Waals surface area contributed by atoms with Crippen molar-refractivity contribution in [2.24, 2.45) is 5.92 Å². The van der Waals surface area contributed by atoms with Crippen molar-refractivity contribution < 1.29 is 13.2 Å². The Morgan fingerprint density at radius 3 is 2.27 bits per heavy atom. The number of carbonyl (C=O) groups excluding carboxylic acids is 1. The first kappa shape index (κ1) is 22.1. The maximum atomic E-state index is 13.0. The summed E-state index contributed by atoms with van der Waals surface area (Å²) in [7, 11) is -3.53. The van der Waals surface area contributed by atoms with Crippen LogP contribution in [0.2, 0.25) is 0 Å². The molecule has 0 aromatic heterocycles. The fourth-order valence-electron chi connectivity index (χ4n) is 3.55. The average molecular weight is 425 g/mol. The molecule has 0 unspecified atom stereocenters. The zero-order valence-electron chi connectivity index (χ0n) is 17.5. The van der Waals surface area contributed by atoms with Crippen LogP contribution in [0.3, 0.4) is 0 Å². The largest absolute Gasteiger partial charge is 0.323 e. The number of benzene rings is 2. The minimum Gasteiger partial charge on any atom is -0.323 e. The van der Waals surface area contributed by atoms with Crippen molar-refractivity contribution >= 4 is 15.9 Å². The maximum absolute atomic E-state index is 13.0.